The molecule has 0 radical (unpaired) electrons. The fourth-order valence-corrected chi connectivity index (χ4v) is 3.08. The molecule has 2 aromatic carbocycles. The molecule has 0 bridgehead atoms. The van der Waals surface area contributed by atoms with Crippen LogP contribution in [0.5, 0.6) is 5.75 Å². The molecule has 0 spiro atoms. The van der Waals surface area contributed by atoms with E-state index in [2.05, 4.69) is 5.43 Å². The van der Waals surface area contributed by atoms with Crippen molar-refractivity contribution in [1.82, 2.24) is 5.43 Å². The molecule has 1 unspecified atom stereocenters. The third kappa shape index (κ3) is 3.95. The van der Waals surface area contributed by atoms with Gasteiger partial charge in [0.1, 0.15) is 5.57 Å². The summed E-state index contributed by atoms with van der Waals surface area (Å²) in [5.74, 6) is -2.26. The van der Waals surface area contributed by atoms with E-state index < -0.39 is 23.9 Å². The van der Waals surface area contributed by atoms with Crippen LogP contribution in [0, 0.1) is 0 Å². The topological polar surface area (TPSA) is 95.9 Å². The highest BCUT2D eigenvalue weighted by atomic mass is 35.5. The van der Waals surface area contributed by atoms with Crippen molar-refractivity contribution in [3.63, 3.8) is 0 Å². The minimum Gasteiger partial charge on any atom is -0.479 e. The predicted octanol–water partition coefficient (Wildman–Crippen LogP) is 3.31. The molecule has 1 fully saturated rings. The molecular weight excluding hydrogens is 407 g/mol. The first-order valence-electron chi connectivity index (χ1n) is 8.08. The quantitative estimate of drug-likeness (QED) is 0.571. The predicted molar refractivity (Wildman–Crippen MR) is 104 cm³/mol. The Balaban J connectivity index is 1.90. The number of hydrogen-bond donors (Lipinski definition) is 2. The zero-order chi connectivity index (χ0) is 20.4. The van der Waals surface area contributed by atoms with Crippen LogP contribution < -0.4 is 15.2 Å². The Kier molecular flexibility index (Phi) is 5.58. The van der Waals surface area contributed by atoms with Crippen LogP contribution in [-0.4, -0.2) is 29.0 Å². The van der Waals surface area contributed by atoms with Gasteiger partial charge in [0.15, 0.2) is 11.9 Å². The first-order valence-corrected chi connectivity index (χ1v) is 8.84. The van der Waals surface area contributed by atoms with Crippen LogP contribution in [0.25, 0.3) is 6.08 Å². The molecule has 2 N–H and O–H groups in total. The van der Waals surface area contributed by atoms with Gasteiger partial charge in [-0.25, -0.2) is 9.80 Å². The number of anilines is 1. The number of carboxylic acid groups (broad SMARTS) is 1. The third-order valence-electron chi connectivity index (χ3n) is 3.88. The summed E-state index contributed by atoms with van der Waals surface area (Å²) in [7, 11) is 0. The second-order valence-electron chi connectivity index (χ2n) is 5.89. The summed E-state index contributed by atoms with van der Waals surface area (Å²) in [6.45, 7) is 1.34. The standard InChI is InChI=1S/C19H14Cl2N2O5/c1-10(19(26)27)28-16-14(20)8-11(9-15(16)21)7-13-17(24)22-23(18(13)25)12-5-3-2-4-6-12/h2-10H,1H3,(H,22,24)(H,26,27). The lowest BCUT2D eigenvalue weighted by Crippen LogP contribution is -2.35. The second kappa shape index (κ2) is 7.92. The molecule has 9 heteroatoms. The average molecular weight is 421 g/mol. The maximum atomic E-state index is 12.6. The highest BCUT2D eigenvalue weighted by Gasteiger charge is 2.34. The highest BCUT2D eigenvalue weighted by Crippen LogP contribution is 2.36. The van der Waals surface area contributed by atoms with Crippen LogP contribution in [0.1, 0.15) is 12.5 Å². The van der Waals surface area contributed by atoms with Crippen molar-refractivity contribution in [2.45, 2.75) is 13.0 Å². The van der Waals surface area contributed by atoms with E-state index in [0.29, 0.717) is 11.3 Å². The smallest absolute Gasteiger partial charge is 0.344 e. The number of hydrogen-bond acceptors (Lipinski definition) is 4. The number of para-hydroxylation sites is 1. The Morgan fingerprint density at radius 3 is 2.36 bits per heavy atom. The Morgan fingerprint density at radius 2 is 1.79 bits per heavy atom. The van der Waals surface area contributed by atoms with Crippen molar-refractivity contribution < 1.29 is 24.2 Å². The van der Waals surface area contributed by atoms with Gasteiger partial charge in [-0.1, -0.05) is 41.4 Å². The van der Waals surface area contributed by atoms with Gasteiger partial charge in [0.25, 0.3) is 11.8 Å². The van der Waals surface area contributed by atoms with Gasteiger partial charge in [-0.05, 0) is 42.8 Å². The number of benzene rings is 2. The number of hydrazine groups is 1. The molecule has 1 aliphatic heterocycles. The summed E-state index contributed by atoms with van der Waals surface area (Å²) >= 11 is 12.3. The van der Waals surface area contributed by atoms with Gasteiger partial charge in [0, 0.05) is 0 Å². The van der Waals surface area contributed by atoms with Crippen LogP contribution in [0.2, 0.25) is 10.0 Å². The van der Waals surface area contributed by atoms with Gasteiger partial charge in [-0.3, -0.25) is 15.0 Å². The van der Waals surface area contributed by atoms with Crippen molar-refractivity contribution in [3.05, 3.63) is 63.6 Å². The molecule has 3 rings (SSSR count). The zero-order valence-electron chi connectivity index (χ0n) is 14.5. The second-order valence-corrected chi connectivity index (χ2v) is 6.70. The summed E-state index contributed by atoms with van der Waals surface area (Å²) in [5, 5.41) is 10.2. The number of carbonyl (C=O) groups excluding carboxylic acids is 2. The number of nitrogens with zero attached hydrogens (tertiary/aromatic N) is 1. The Labute approximate surface area is 170 Å². The fraction of sp³-hybridized carbons (Fsp3) is 0.105. The molecular formula is C19H14Cl2N2O5. The third-order valence-corrected chi connectivity index (χ3v) is 4.44. The number of aliphatic carboxylic acids is 1. The van der Waals surface area contributed by atoms with Gasteiger partial charge >= 0.3 is 5.97 Å². The maximum absolute atomic E-state index is 12.6. The van der Waals surface area contributed by atoms with Crippen molar-refractivity contribution in [3.8, 4) is 5.75 Å². The van der Waals surface area contributed by atoms with Crippen molar-refractivity contribution >= 4 is 52.7 Å². The largest absolute Gasteiger partial charge is 0.479 e. The summed E-state index contributed by atoms with van der Waals surface area (Å²) in [5.41, 5.74) is 3.30. The van der Waals surface area contributed by atoms with Crippen LogP contribution in [0.15, 0.2) is 48.0 Å². The first-order chi connectivity index (χ1) is 13.3. The summed E-state index contributed by atoms with van der Waals surface area (Å²) in [4.78, 5) is 35.8. The molecule has 2 aromatic rings. The molecule has 28 heavy (non-hydrogen) atoms. The highest BCUT2D eigenvalue weighted by molar-refractivity contribution is 6.37. The summed E-state index contributed by atoms with van der Waals surface area (Å²) < 4.78 is 5.24. The normalized spacial score (nSPS) is 16.2. The van der Waals surface area contributed by atoms with E-state index in [4.69, 9.17) is 33.0 Å². The SMILES string of the molecule is CC(Oc1c(Cl)cc(C=C2C(=O)NN(c3ccccc3)C2=O)cc1Cl)C(=O)O. The molecule has 1 atom stereocenters. The minimum atomic E-state index is -1.17. The molecule has 1 aliphatic rings. The molecule has 1 saturated heterocycles. The lowest BCUT2D eigenvalue weighted by molar-refractivity contribution is -0.144. The lowest BCUT2D eigenvalue weighted by Gasteiger charge is -2.14. The van der Waals surface area contributed by atoms with Gasteiger partial charge in [0.2, 0.25) is 0 Å². The van der Waals surface area contributed by atoms with E-state index in [1.54, 1.807) is 30.3 Å². The van der Waals surface area contributed by atoms with E-state index in [1.807, 2.05) is 0 Å². The average Bonchev–Trinajstić information content (AvgIpc) is 2.93. The van der Waals surface area contributed by atoms with E-state index in [9.17, 15) is 14.4 Å². The van der Waals surface area contributed by atoms with Crippen molar-refractivity contribution in [2.75, 3.05) is 5.01 Å². The summed E-state index contributed by atoms with van der Waals surface area (Å²) in [6, 6.07) is 11.5. The van der Waals surface area contributed by atoms with Gasteiger partial charge in [-0.15, -0.1) is 0 Å². The van der Waals surface area contributed by atoms with Gasteiger partial charge < -0.3 is 9.84 Å². The number of halogens is 2. The van der Waals surface area contributed by atoms with Crippen molar-refractivity contribution in [1.29, 1.82) is 0 Å². The van der Waals surface area contributed by atoms with E-state index in [1.165, 1.54) is 25.1 Å². The van der Waals surface area contributed by atoms with Crippen LogP contribution >= 0.6 is 23.2 Å². The molecule has 0 aliphatic carbocycles. The zero-order valence-corrected chi connectivity index (χ0v) is 16.0. The number of carboxylic acids is 1. The molecule has 2 amide bonds. The molecule has 144 valence electrons. The molecule has 0 saturated carbocycles. The Morgan fingerprint density at radius 1 is 1.18 bits per heavy atom. The fourth-order valence-electron chi connectivity index (χ4n) is 2.49. The van der Waals surface area contributed by atoms with Crippen LogP contribution in [0.4, 0.5) is 5.69 Å². The van der Waals surface area contributed by atoms with Crippen LogP contribution in [0.3, 0.4) is 0 Å². The maximum Gasteiger partial charge on any atom is 0.344 e. The van der Waals surface area contributed by atoms with E-state index >= 15 is 0 Å². The number of nitrogens with one attached hydrogen (secondary N) is 1. The lowest BCUT2D eigenvalue weighted by atomic mass is 10.1. The number of rotatable bonds is 5. The molecule has 7 nitrogen and oxygen atoms in total. The summed E-state index contributed by atoms with van der Waals surface area (Å²) in [6.07, 6.45) is 0.198. The van der Waals surface area contributed by atoms with E-state index in [0.717, 1.165) is 5.01 Å². The number of carbonyl (C=O) groups is 3. The Hall–Kier alpha value is -3.03. The molecule has 0 aromatic heterocycles. The van der Waals surface area contributed by atoms with Gasteiger partial charge in [0.05, 0.1) is 15.7 Å². The Bertz CT molecular complexity index is 968. The van der Waals surface area contributed by atoms with Crippen molar-refractivity contribution in [2.24, 2.45) is 0 Å². The number of amides is 2. The molecule has 1 heterocycles. The van der Waals surface area contributed by atoms with Crippen LogP contribution in [-0.2, 0) is 14.4 Å². The van der Waals surface area contributed by atoms with Gasteiger partial charge in [-0.2, -0.15) is 0 Å². The minimum absolute atomic E-state index is 0.00787. The monoisotopic (exact) mass is 420 g/mol. The van der Waals surface area contributed by atoms with E-state index in [-0.39, 0.29) is 21.4 Å². The number of ether oxygens (including phenoxy) is 1. The first kappa shape index (κ1) is 19.7.